The zero-order valence-corrected chi connectivity index (χ0v) is 12.7. The zero-order valence-electron chi connectivity index (χ0n) is 12.7. The Labute approximate surface area is 121 Å². The number of rotatable bonds is 8. The fraction of sp³-hybridized carbons (Fsp3) is 0.800. The topological polar surface area (TPSA) is 50.5 Å². The van der Waals surface area contributed by atoms with Crippen LogP contribution in [0, 0.1) is 5.92 Å². The molecule has 2 heterocycles. The number of nitrogens with one attached hydrogen (secondary N) is 1. The van der Waals surface area contributed by atoms with Crippen molar-refractivity contribution in [3.8, 4) is 0 Å². The van der Waals surface area contributed by atoms with E-state index in [1.807, 2.05) is 6.07 Å². The van der Waals surface area contributed by atoms with E-state index in [0.717, 1.165) is 43.6 Å². The highest BCUT2D eigenvalue weighted by atomic mass is 16.5. The average Bonchev–Trinajstić information content (AvgIpc) is 2.88. The predicted molar refractivity (Wildman–Crippen MR) is 78.4 cm³/mol. The molecule has 1 saturated heterocycles. The number of methoxy groups -OCH3 is 1. The van der Waals surface area contributed by atoms with Crippen LogP contribution in [0.4, 0.5) is 0 Å². The quantitative estimate of drug-likeness (QED) is 0.790. The lowest BCUT2D eigenvalue weighted by molar-refractivity contribution is 0.155. The highest BCUT2D eigenvalue weighted by molar-refractivity contribution is 5.04. The van der Waals surface area contributed by atoms with Crippen molar-refractivity contribution in [1.82, 2.24) is 15.4 Å². The molecule has 1 N–H and O–H groups in total. The molecule has 1 atom stereocenters. The van der Waals surface area contributed by atoms with Crippen LogP contribution in [0.15, 0.2) is 10.6 Å². The van der Waals surface area contributed by atoms with Crippen LogP contribution in [0.2, 0.25) is 0 Å². The maximum Gasteiger partial charge on any atom is 0.162 e. The van der Waals surface area contributed by atoms with Crippen molar-refractivity contribution in [2.75, 3.05) is 33.3 Å². The highest BCUT2D eigenvalue weighted by Gasteiger charge is 2.18. The van der Waals surface area contributed by atoms with Gasteiger partial charge in [0.25, 0.3) is 0 Å². The molecule has 1 aromatic heterocycles. The van der Waals surface area contributed by atoms with Gasteiger partial charge in [-0.05, 0) is 44.8 Å². The Morgan fingerprint density at radius 1 is 1.55 bits per heavy atom. The van der Waals surface area contributed by atoms with Gasteiger partial charge >= 0.3 is 0 Å². The lowest BCUT2D eigenvalue weighted by Crippen LogP contribution is -2.38. The van der Waals surface area contributed by atoms with Crippen molar-refractivity contribution >= 4 is 0 Å². The van der Waals surface area contributed by atoms with E-state index < -0.39 is 0 Å². The van der Waals surface area contributed by atoms with Crippen LogP contribution in [0.3, 0.4) is 0 Å². The summed E-state index contributed by atoms with van der Waals surface area (Å²) in [6.07, 6.45) is 3.80. The number of nitrogens with zero attached hydrogens (tertiary/aromatic N) is 2. The first-order valence-corrected chi connectivity index (χ1v) is 7.68. The van der Waals surface area contributed by atoms with E-state index in [9.17, 15) is 0 Å². The molecule has 0 spiro atoms. The van der Waals surface area contributed by atoms with Gasteiger partial charge < -0.3 is 14.6 Å². The fourth-order valence-corrected chi connectivity index (χ4v) is 2.87. The zero-order chi connectivity index (χ0) is 14.2. The van der Waals surface area contributed by atoms with Crippen molar-refractivity contribution < 1.29 is 9.26 Å². The van der Waals surface area contributed by atoms with Crippen molar-refractivity contribution in [2.24, 2.45) is 5.92 Å². The van der Waals surface area contributed by atoms with E-state index in [1.165, 1.54) is 25.8 Å². The summed E-state index contributed by atoms with van der Waals surface area (Å²) in [5.74, 6) is 1.57. The Balaban J connectivity index is 1.86. The first-order chi connectivity index (χ1) is 9.81. The molecule has 1 aliphatic heterocycles. The maximum absolute atomic E-state index is 5.26. The molecule has 5 nitrogen and oxygen atoms in total. The van der Waals surface area contributed by atoms with E-state index in [2.05, 4.69) is 22.3 Å². The van der Waals surface area contributed by atoms with E-state index in [1.54, 1.807) is 7.11 Å². The average molecular weight is 281 g/mol. The SMILES string of the molecule is CCCN(Cc1cc(COC)on1)CC1CCCNC1. The Hall–Kier alpha value is -0.910. The summed E-state index contributed by atoms with van der Waals surface area (Å²) in [4.78, 5) is 2.49. The minimum Gasteiger partial charge on any atom is -0.377 e. The van der Waals surface area contributed by atoms with Gasteiger partial charge in [0.2, 0.25) is 0 Å². The van der Waals surface area contributed by atoms with Crippen molar-refractivity contribution in [3.05, 3.63) is 17.5 Å². The molecule has 1 unspecified atom stereocenters. The van der Waals surface area contributed by atoms with Crippen LogP contribution in [-0.4, -0.2) is 43.3 Å². The predicted octanol–water partition coefficient (Wildman–Crippen LogP) is 2.03. The molecule has 1 aliphatic rings. The molecule has 0 radical (unpaired) electrons. The highest BCUT2D eigenvalue weighted by Crippen LogP contribution is 2.15. The third kappa shape index (κ3) is 4.89. The normalized spacial score (nSPS) is 19.6. The van der Waals surface area contributed by atoms with Crippen molar-refractivity contribution in [3.63, 3.8) is 0 Å². The maximum atomic E-state index is 5.26. The monoisotopic (exact) mass is 281 g/mol. The minimum absolute atomic E-state index is 0.493. The van der Waals surface area contributed by atoms with Gasteiger partial charge in [-0.1, -0.05) is 12.1 Å². The molecule has 0 amide bonds. The Morgan fingerprint density at radius 3 is 3.15 bits per heavy atom. The smallest absolute Gasteiger partial charge is 0.162 e. The molecule has 5 heteroatoms. The van der Waals surface area contributed by atoms with Crippen LogP contribution in [0.1, 0.15) is 37.6 Å². The second-order valence-electron chi connectivity index (χ2n) is 5.67. The van der Waals surface area contributed by atoms with Gasteiger partial charge in [0.15, 0.2) is 5.76 Å². The molecule has 2 rings (SSSR count). The Morgan fingerprint density at radius 2 is 2.45 bits per heavy atom. The van der Waals surface area contributed by atoms with Crippen molar-refractivity contribution in [1.29, 1.82) is 0 Å². The van der Waals surface area contributed by atoms with Gasteiger partial charge in [0.1, 0.15) is 6.61 Å². The lowest BCUT2D eigenvalue weighted by atomic mass is 9.99. The molecule has 0 aliphatic carbocycles. The van der Waals surface area contributed by atoms with Gasteiger partial charge in [0, 0.05) is 26.3 Å². The standard InChI is InChI=1S/C15H27N3O2/c1-3-7-18(10-13-5-4-6-16-9-13)11-14-8-15(12-19-2)20-17-14/h8,13,16H,3-7,9-12H2,1-2H3. The molecule has 0 aromatic carbocycles. The molecule has 0 saturated carbocycles. The number of hydrogen-bond donors (Lipinski definition) is 1. The third-order valence-electron chi connectivity index (χ3n) is 3.74. The number of ether oxygens (including phenoxy) is 1. The molecule has 1 fully saturated rings. The summed E-state index contributed by atoms with van der Waals surface area (Å²) in [7, 11) is 1.67. The molecule has 114 valence electrons. The van der Waals surface area contributed by atoms with Gasteiger partial charge in [-0.25, -0.2) is 0 Å². The third-order valence-corrected chi connectivity index (χ3v) is 3.74. The summed E-state index contributed by atoms with van der Waals surface area (Å²) < 4.78 is 10.3. The van der Waals surface area contributed by atoms with Crippen LogP contribution in [-0.2, 0) is 17.9 Å². The second-order valence-corrected chi connectivity index (χ2v) is 5.67. The number of hydrogen-bond acceptors (Lipinski definition) is 5. The second kappa shape index (κ2) is 8.39. The summed E-state index contributed by atoms with van der Waals surface area (Å²) in [6, 6.07) is 2.01. The van der Waals surface area contributed by atoms with E-state index >= 15 is 0 Å². The summed E-state index contributed by atoms with van der Waals surface area (Å²) >= 11 is 0. The first kappa shape index (κ1) is 15.5. The van der Waals surface area contributed by atoms with Crippen LogP contribution < -0.4 is 5.32 Å². The van der Waals surface area contributed by atoms with Gasteiger partial charge in [-0.3, -0.25) is 4.90 Å². The van der Waals surface area contributed by atoms with Crippen LogP contribution >= 0.6 is 0 Å². The molecule has 0 bridgehead atoms. The molecule has 20 heavy (non-hydrogen) atoms. The lowest BCUT2D eigenvalue weighted by Gasteiger charge is -2.29. The summed E-state index contributed by atoms with van der Waals surface area (Å²) in [5, 5.41) is 7.63. The van der Waals surface area contributed by atoms with Crippen LogP contribution in [0.25, 0.3) is 0 Å². The largest absolute Gasteiger partial charge is 0.377 e. The summed E-state index contributed by atoms with van der Waals surface area (Å²) in [6.45, 7) is 8.17. The van der Waals surface area contributed by atoms with E-state index in [0.29, 0.717) is 6.61 Å². The first-order valence-electron chi connectivity index (χ1n) is 7.68. The van der Waals surface area contributed by atoms with E-state index in [4.69, 9.17) is 9.26 Å². The fourth-order valence-electron chi connectivity index (χ4n) is 2.87. The van der Waals surface area contributed by atoms with Crippen molar-refractivity contribution in [2.45, 2.75) is 39.3 Å². The van der Waals surface area contributed by atoms with Gasteiger partial charge in [-0.15, -0.1) is 0 Å². The molecule has 1 aromatic rings. The molecular formula is C15H27N3O2. The summed E-state index contributed by atoms with van der Waals surface area (Å²) in [5.41, 5.74) is 1.01. The van der Waals surface area contributed by atoms with E-state index in [-0.39, 0.29) is 0 Å². The Kier molecular flexibility index (Phi) is 6.50. The van der Waals surface area contributed by atoms with Gasteiger partial charge in [-0.2, -0.15) is 0 Å². The Bertz CT molecular complexity index is 375. The van der Waals surface area contributed by atoms with Gasteiger partial charge in [0.05, 0.1) is 5.69 Å². The number of aromatic nitrogens is 1. The van der Waals surface area contributed by atoms with Crippen LogP contribution in [0.5, 0.6) is 0 Å². The minimum atomic E-state index is 0.493. The molecular weight excluding hydrogens is 254 g/mol. The number of piperidine rings is 1.